The Morgan fingerprint density at radius 3 is 2.63 bits per heavy atom. The van der Waals surface area contributed by atoms with Crippen LogP contribution in [0.4, 0.5) is 0 Å². The summed E-state index contributed by atoms with van der Waals surface area (Å²) in [5, 5.41) is 9.91. The molecule has 2 rings (SSSR count). The van der Waals surface area contributed by atoms with Crippen molar-refractivity contribution in [3.63, 3.8) is 0 Å². The Morgan fingerprint density at radius 2 is 2.00 bits per heavy atom. The minimum atomic E-state index is -0.714. The van der Waals surface area contributed by atoms with E-state index < -0.39 is 23.3 Å². The van der Waals surface area contributed by atoms with E-state index in [0.717, 1.165) is 25.3 Å². The average molecular weight is 267 g/mol. The summed E-state index contributed by atoms with van der Waals surface area (Å²) in [7, 11) is 1.57. The number of carbonyl (C=O) groups excluding carboxylic acids is 1. The van der Waals surface area contributed by atoms with Crippen LogP contribution >= 0.6 is 0 Å². The molecule has 1 aliphatic rings. The fraction of sp³-hybridized carbons (Fsp3) is 0.583. The molecule has 0 radical (unpaired) electrons. The molecule has 104 valence electrons. The van der Waals surface area contributed by atoms with Gasteiger partial charge in [0.1, 0.15) is 5.69 Å². The van der Waals surface area contributed by atoms with E-state index in [-0.39, 0.29) is 11.7 Å². The van der Waals surface area contributed by atoms with Gasteiger partial charge in [-0.05, 0) is 12.8 Å². The lowest BCUT2D eigenvalue weighted by Crippen LogP contribution is -2.47. The number of aromatic nitrogens is 2. The molecule has 1 aromatic heterocycles. The molecule has 0 bridgehead atoms. The van der Waals surface area contributed by atoms with Crippen molar-refractivity contribution < 1.29 is 9.90 Å². The number of carbonyl (C=O) groups is 1. The molecule has 2 unspecified atom stereocenters. The largest absolute Gasteiger partial charge is 0.391 e. The first-order chi connectivity index (χ1) is 8.99. The van der Waals surface area contributed by atoms with Gasteiger partial charge in [-0.25, -0.2) is 4.79 Å². The van der Waals surface area contributed by atoms with Crippen LogP contribution in [-0.4, -0.2) is 45.1 Å². The summed E-state index contributed by atoms with van der Waals surface area (Å²) in [4.78, 5) is 40.2. The van der Waals surface area contributed by atoms with Crippen molar-refractivity contribution in [1.29, 1.82) is 0 Å². The molecule has 0 saturated heterocycles. The van der Waals surface area contributed by atoms with Gasteiger partial charge in [0.2, 0.25) is 0 Å². The number of amides is 1. The fourth-order valence-electron chi connectivity index (χ4n) is 2.47. The minimum Gasteiger partial charge on any atom is -0.391 e. The highest BCUT2D eigenvalue weighted by Crippen LogP contribution is 2.23. The average Bonchev–Trinajstić information content (AvgIpc) is 2.36. The van der Waals surface area contributed by atoms with Crippen LogP contribution in [0.3, 0.4) is 0 Å². The minimum absolute atomic E-state index is 0.0611. The third-order valence-corrected chi connectivity index (χ3v) is 3.50. The highest BCUT2D eigenvalue weighted by Gasteiger charge is 2.30. The maximum Gasteiger partial charge on any atom is 0.326 e. The van der Waals surface area contributed by atoms with Crippen molar-refractivity contribution in [3.8, 4) is 0 Å². The Labute approximate surface area is 109 Å². The molecule has 19 heavy (non-hydrogen) atoms. The lowest BCUT2D eigenvalue weighted by Gasteiger charge is -2.35. The lowest BCUT2D eigenvalue weighted by molar-refractivity contribution is 0.0264. The van der Waals surface area contributed by atoms with E-state index in [4.69, 9.17) is 0 Å². The van der Waals surface area contributed by atoms with Gasteiger partial charge in [0.25, 0.3) is 11.5 Å². The van der Waals surface area contributed by atoms with E-state index in [0.29, 0.717) is 6.42 Å². The first kappa shape index (κ1) is 13.5. The number of hydrogen-bond acceptors (Lipinski definition) is 4. The lowest BCUT2D eigenvalue weighted by atomic mass is 9.91. The summed E-state index contributed by atoms with van der Waals surface area (Å²) in [6.45, 7) is 0. The second-order valence-corrected chi connectivity index (χ2v) is 4.84. The van der Waals surface area contributed by atoms with Gasteiger partial charge in [0, 0.05) is 13.1 Å². The van der Waals surface area contributed by atoms with Gasteiger partial charge in [-0.15, -0.1) is 0 Å². The molecule has 0 aliphatic heterocycles. The van der Waals surface area contributed by atoms with Crippen molar-refractivity contribution >= 4 is 5.91 Å². The number of nitrogens with zero attached hydrogens (tertiary/aromatic N) is 1. The molecule has 1 aliphatic carbocycles. The molecule has 1 saturated carbocycles. The zero-order valence-electron chi connectivity index (χ0n) is 10.7. The molecule has 7 nitrogen and oxygen atoms in total. The molecule has 7 heteroatoms. The Bertz CT molecular complexity index is 549. The first-order valence-electron chi connectivity index (χ1n) is 6.28. The van der Waals surface area contributed by atoms with E-state index in [1.807, 2.05) is 4.98 Å². The number of nitrogens with one attached hydrogen (secondary N) is 2. The van der Waals surface area contributed by atoms with Crippen LogP contribution < -0.4 is 11.2 Å². The summed E-state index contributed by atoms with van der Waals surface area (Å²) in [5.74, 6) is -0.464. The van der Waals surface area contributed by atoms with E-state index in [9.17, 15) is 19.5 Å². The number of aromatic amines is 2. The summed E-state index contributed by atoms with van der Waals surface area (Å²) in [6, 6.07) is 0.777. The summed E-state index contributed by atoms with van der Waals surface area (Å²) in [5.41, 5.74) is -1.40. The first-order valence-corrected chi connectivity index (χ1v) is 6.28. The van der Waals surface area contributed by atoms with Gasteiger partial charge in [0.05, 0.1) is 12.1 Å². The molecule has 1 amide bonds. The van der Waals surface area contributed by atoms with Crippen LogP contribution in [0, 0.1) is 0 Å². The maximum atomic E-state index is 12.2. The molecule has 1 heterocycles. The predicted molar refractivity (Wildman–Crippen MR) is 68.0 cm³/mol. The van der Waals surface area contributed by atoms with Crippen molar-refractivity contribution in [3.05, 3.63) is 32.6 Å². The van der Waals surface area contributed by atoms with E-state index in [1.165, 1.54) is 4.90 Å². The number of likely N-dealkylation sites (N-methyl/N-ethyl adjacent to an activating group) is 1. The van der Waals surface area contributed by atoms with Crippen LogP contribution in [0.1, 0.15) is 36.2 Å². The van der Waals surface area contributed by atoms with Crippen molar-refractivity contribution in [1.82, 2.24) is 14.9 Å². The predicted octanol–water partition coefficient (Wildman–Crippen LogP) is -0.561. The van der Waals surface area contributed by atoms with Gasteiger partial charge in [-0.3, -0.25) is 14.6 Å². The van der Waals surface area contributed by atoms with Crippen LogP contribution in [0.25, 0.3) is 0 Å². The van der Waals surface area contributed by atoms with Gasteiger partial charge >= 0.3 is 5.69 Å². The van der Waals surface area contributed by atoms with Crippen molar-refractivity contribution in [2.75, 3.05) is 7.05 Å². The van der Waals surface area contributed by atoms with Crippen LogP contribution in [0.15, 0.2) is 15.7 Å². The van der Waals surface area contributed by atoms with Gasteiger partial charge in [-0.1, -0.05) is 12.8 Å². The number of aliphatic hydroxyl groups excluding tert-OH is 1. The van der Waals surface area contributed by atoms with Crippen molar-refractivity contribution in [2.45, 2.75) is 37.8 Å². The zero-order chi connectivity index (χ0) is 14.0. The second kappa shape index (κ2) is 5.40. The second-order valence-electron chi connectivity index (χ2n) is 4.84. The third kappa shape index (κ3) is 2.93. The molecular weight excluding hydrogens is 250 g/mol. The van der Waals surface area contributed by atoms with Gasteiger partial charge in [0.15, 0.2) is 0 Å². The summed E-state index contributed by atoms with van der Waals surface area (Å²) >= 11 is 0. The van der Waals surface area contributed by atoms with Crippen LogP contribution in [0.5, 0.6) is 0 Å². The quantitative estimate of drug-likeness (QED) is 0.667. The van der Waals surface area contributed by atoms with Crippen molar-refractivity contribution in [2.24, 2.45) is 0 Å². The monoisotopic (exact) mass is 267 g/mol. The fourth-order valence-corrected chi connectivity index (χ4v) is 2.47. The molecule has 0 spiro atoms. The van der Waals surface area contributed by atoms with E-state index in [2.05, 4.69) is 4.98 Å². The molecule has 1 aromatic rings. The Kier molecular flexibility index (Phi) is 3.84. The topological polar surface area (TPSA) is 106 Å². The normalized spacial score (nSPS) is 23.1. The Morgan fingerprint density at radius 1 is 1.32 bits per heavy atom. The zero-order valence-corrected chi connectivity index (χ0v) is 10.7. The summed E-state index contributed by atoms with van der Waals surface area (Å²) in [6.07, 6.45) is 2.72. The molecule has 3 N–H and O–H groups in total. The number of aliphatic hydroxyl groups is 1. The maximum absolute atomic E-state index is 12.2. The molecule has 2 atom stereocenters. The van der Waals surface area contributed by atoms with Gasteiger partial charge in [-0.2, -0.15) is 0 Å². The molecular formula is C12H17N3O4. The highest BCUT2D eigenvalue weighted by atomic mass is 16.3. The van der Waals surface area contributed by atoms with Crippen LogP contribution in [0.2, 0.25) is 0 Å². The van der Waals surface area contributed by atoms with E-state index >= 15 is 0 Å². The number of H-pyrrole nitrogens is 2. The number of rotatable bonds is 2. The third-order valence-electron chi connectivity index (χ3n) is 3.50. The SMILES string of the molecule is CN(C(=O)c1cc(=O)[nH]c(=O)[nH]1)C1CCCCC1O. The highest BCUT2D eigenvalue weighted by molar-refractivity contribution is 5.92. The Hall–Kier alpha value is -1.89. The molecule has 0 aromatic carbocycles. The smallest absolute Gasteiger partial charge is 0.326 e. The molecule has 1 fully saturated rings. The Balaban J connectivity index is 2.22. The summed E-state index contributed by atoms with van der Waals surface area (Å²) < 4.78 is 0. The van der Waals surface area contributed by atoms with E-state index in [1.54, 1.807) is 7.05 Å². The van der Waals surface area contributed by atoms with Gasteiger partial charge < -0.3 is 15.0 Å². The standard InChI is InChI=1S/C12H17N3O4/c1-15(8-4-2-3-5-9(8)16)11(18)7-6-10(17)14-12(19)13-7/h6,8-9,16H,2-5H2,1H3,(H2,13,14,17,19). The number of hydrogen-bond donors (Lipinski definition) is 3. The van der Waals surface area contributed by atoms with Crippen LogP contribution in [-0.2, 0) is 0 Å².